The minimum absolute atomic E-state index is 0.220. The standard InChI is InChI=1S/C33H33Br2NO/c1-6-19-33(5)29-17-7-24(21-30(29)32(3,4)37-33)23-8-18-31(22(2)20-23)36(27-13-9-25(34)10-14-27)28-15-11-26(35)12-16-28/h7-18,20-21H,6,19H2,1-5H3. The molecule has 0 spiro atoms. The third kappa shape index (κ3) is 5.04. The second kappa shape index (κ2) is 10.1. The van der Waals surface area contributed by atoms with E-state index in [2.05, 4.69) is 156 Å². The van der Waals surface area contributed by atoms with Gasteiger partial charge in [0.25, 0.3) is 0 Å². The molecule has 0 saturated heterocycles. The van der Waals surface area contributed by atoms with Crippen molar-refractivity contribution < 1.29 is 4.74 Å². The number of ether oxygens (including phenoxy) is 1. The number of fused-ring (bicyclic) bond motifs is 1. The molecular weight excluding hydrogens is 586 g/mol. The summed E-state index contributed by atoms with van der Waals surface area (Å²) in [7, 11) is 0. The van der Waals surface area contributed by atoms with Crippen LogP contribution in [0.4, 0.5) is 17.1 Å². The predicted molar refractivity (Wildman–Crippen MR) is 163 cm³/mol. The van der Waals surface area contributed by atoms with E-state index >= 15 is 0 Å². The number of benzene rings is 4. The highest BCUT2D eigenvalue weighted by Gasteiger charge is 2.45. The van der Waals surface area contributed by atoms with Gasteiger partial charge in [-0.1, -0.05) is 63.4 Å². The molecule has 0 N–H and O–H groups in total. The van der Waals surface area contributed by atoms with Crippen LogP contribution in [0, 0.1) is 6.92 Å². The molecule has 4 aromatic carbocycles. The summed E-state index contributed by atoms with van der Waals surface area (Å²) in [6.45, 7) is 11.0. The Morgan fingerprint density at radius 1 is 0.703 bits per heavy atom. The Morgan fingerprint density at radius 3 is 1.78 bits per heavy atom. The van der Waals surface area contributed by atoms with Gasteiger partial charge in [-0.25, -0.2) is 0 Å². The van der Waals surface area contributed by atoms with Crippen molar-refractivity contribution in [3.05, 3.63) is 111 Å². The second-order valence-corrected chi connectivity index (χ2v) is 12.5. The van der Waals surface area contributed by atoms with Crippen LogP contribution in [0.2, 0.25) is 0 Å². The molecule has 4 heteroatoms. The van der Waals surface area contributed by atoms with E-state index in [1.807, 2.05) is 0 Å². The van der Waals surface area contributed by atoms with Crippen LogP contribution < -0.4 is 4.90 Å². The van der Waals surface area contributed by atoms with Gasteiger partial charge in [-0.3, -0.25) is 0 Å². The average Bonchev–Trinajstić information content (AvgIpc) is 3.07. The summed E-state index contributed by atoms with van der Waals surface area (Å²) < 4.78 is 8.75. The molecule has 1 heterocycles. The van der Waals surface area contributed by atoms with Gasteiger partial charge < -0.3 is 9.64 Å². The largest absolute Gasteiger partial charge is 0.360 e. The summed E-state index contributed by atoms with van der Waals surface area (Å²) in [4.78, 5) is 2.31. The quantitative estimate of drug-likeness (QED) is 0.213. The van der Waals surface area contributed by atoms with Gasteiger partial charge >= 0.3 is 0 Å². The molecule has 0 amide bonds. The molecule has 0 aromatic heterocycles. The van der Waals surface area contributed by atoms with Crippen LogP contribution in [0.15, 0.2) is 93.9 Å². The van der Waals surface area contributed by atoms with Gasteiger partial charge in [-0.15, -0.1) is 0 Å². The van der Waals surface area contributed by atoms with Crippen molar-refractivity contribution >= 4 is 48.9 Å². The Kier molecular flexibility index (Phi) is 7.12. The van der Waals surface area contributed by atoms with E-state index in [0.29, 0.717) is 0 Å². The molecule has 0 aliphatic carbocycles. The van der Waals surface area contributed by atoms with Gasteiger partial charge in [0.1, 0.15) is 0 Å². The summed E-state index contributed by atoms with van der Waals surface area (Å²) in [5.74, 6) is 0. The van der Waals surface area contributed by atoms with Gasteiger partial charge in [0.05, 0.1) is 11.2 Å². The maximum Gasteiger partial charge on any atom is 0.0918 e. The van der Waals surface area contributed by atoms with Crippen molar-refractivity contribution in [3.8, 4) is 11.1 Å². The molecule has 1 atom stereocenters. The van der Waals surface area contributed by atoms with Crippen LogP contribution in [0.3, 0.4) is 0 Å². The number of rotatable bonds is 6. The number of nitrogens with zero attached hydrogens (tertiary/aromatic N) is 1. The van der Waals surface area contributed by atoms with Crippen molar-refractivity contribution in [2.75, 3.05) is 4.90 Å². The van der Waals surface area contributed by atoms with Crippen LogP contribution in [0.25, 0.3) is 11.1 Å². The molecule has 1 aliphatic rings. The number of hydrogen-bond acceptors (Lipinski definition) is 2. The number of aryl methyl sites for hydroxylation is 1. The Bertz CT molecular complexity index is 1380. The average molecular weight is 619 g/mol. The zero-order valence-electron chi connectivity index (χ0n) is 22.1. The Morgan fingerprint density at radius 2 is 1.24 bits per heavy atom. The predicted octanol–water partition coefficient (Wildman–Crippen LogP) is 10.9. The van der Waals surface area contributed by atoms with Crippen molar-refractivity contribution in [1.82, 2.24) is 0 Å². The first-order valence-corrected chi connectivity index (χ1v) is 14.5. The van der Waals surface area contributed by atoms with E-state index in [1.54, 1.807) is 0 Å². The fourth-order valence-corrected chi connectivity index (χ4v) is 6.24. The molecule has 2 nitrogen and oxygen atoms in total. The summed E-state index contributed by atoms with van der Waals surface area (Å²) in [6, 6.07) is 30.6. The van der Waals surface area contributed by atoms with E-state index in [9.17, 15) is 0 Å². The van der Waals surface area contributed by atoms with Crippen molar-refractivity contribution in [2.45, 2.75) is 58.7 Å². The molecule has 5 rings (SSSR count). The topological polar surface area (TPSA) is 12.5 Å². The van der Waals surface area contributed by atoms with Crippen LogP contribution in [0.1, 0.15) is 57.2 Å². The van der Waals surface area contributed by atoms with Gasteiger partial charge in [0.15, 0.2) is 0 Å². The normalized spacial score (nSPS) is 18.0. The molecule has 190 valence electrons. The van der Waals surface area contributed by atoms with Gasteiger partial charge in [0, 0.05) is 26.0 Å². The maximum atomic E-state index is 6.61. The van der Waals surface area contributed by atoms with E-state index in [4.69, 9.17) is 4.74 Å². The lowest BCUT2D eigenvalue weighted by Gasteiger charge is -2.28. The first-order chi connectivity index (χ1) is 17.6. The van der Waals surface area contributed by atoms with Crippen molar-refractivity contribution in [2.24, 2.45) is 0 Å². The Balaban J connectivity index is 1.56. The fraction of sp³-hybridized carbons (Fsp3) is 0.273. The van der Waals surface area contributed by atoms with Gasteiger partial charge in [0.2, 0.25) is 0 Å². The highest BCUT2D eigenvalue weighted by molar-refractivity contribution is 9.10. The smallest absolute Gasteiger partial charge is 0.0918 e. The third-order valence-corrected chi connectivity index (χ3v) is 8.44. The highest BCUT2D eigenvalue weighted by atomic mass is 79.9. The maximum absolute atomic E-state index is 6.61. The molecule has 0 fully saturated rings. The molecule has 37 heavy (non-hydrogen) atoms. The Labute approximate surface area is 237 Å². The van der Waals surface area contributed by atoms with E-state index in [-0.39, 0.29) is 11.2 Å². The van der Waals surface area contributed by atoms with E-state index in [0.717, 1.165) is 38.8 Å². The summed E-state index contributed by atoms with van der Waals surface area (Å²) in [5, 5.41) is 0. The minimum Gasteiger partial charge on any atom is -0.360 e. The van der Waals surface area contributed by atoms with Gasteiger partial charge in [-0.05, 0) is 129 Å². The first kappa shape index (κ1) is 26.2. The Hall–Kier alpha value is -2.40. The minimum atomic E-state index is -0.301. The van der Waals surface area contributed by atoms with Crippen LogP contribution in [-0.4, -0.2) is 0 Å². The summed E-state index contributed by atoms with van der Waals surface area (Å²) in [5.41, 5.74) is 9.17. The lowest BCUT2D eigenvalue weighted by molar-refractivity contribution is -0.119. The number of anilines is 3. The molecule has 0 saturated carbocycles. The van der Waals surface area contributed by atoms with Crippen LogP contribution in [0.5, 0.6) is 0 Å². The molecule has 1 aliphatic heterocycles. The van der Waals surface area contributed by atoms with Crippen LogP contribution >= 0.6 is 31.9 Å². The van der Waals surface area contributed by atoms with Crippen molar-refractivity contribution in [1.29, 1.82) is 0 Å². The lowest BCUT2D eigenvalue weighted by atomic mass is 9.85. The molecule has 0 bridgehead atoms. The highest BCUT2D eigenvalue weighted by Crippen LogP contribution is 2.50. The SMILES string of the molecule is CCCC1(C)OC(C)(C)c2cc(-c3ccc(N(c4ccc(Br)cc4)c4ccc(Br)cc4)c(C)c3)ccc21. The van der Waals surface area contributed by atoms with Crippen LogP contribution in [-0.2, 0) is 15.9 Å². The number of halogens is 2. The monoisotopic (exact) mass is 617 g/mol. The third-order valence-electron chi connectivity index (χ3n) is 7.39. The molecular formula is C33H33Br2NO. The van der Waals surface area contributed by atoms with E-state index in [1.165, 1.54) is 27.8 Å². The lowest BCUT2D eigenvalue weighted by Crippen LogP contribution is -2.25. The second-order valence-electron chi connectivity index (χ2n) is 10.6. The number of hydrogen-bond donors (Lipinski definition) is 0. The zero-order chi connectivity index (χ0) is 26.4. The summed E-state index contributed by atoms with van der Waals surface area (Å²) >= 11 is 7.16. The van der Waals surface area contributed by atoms with Gasteiger partial charge in [-0.2, -0.15) is 0 Å². The molecule has 4 aromatic rings. The summed E-state index contributed by atoms with van der Waals surface area (Å²) in [6.07, 6.45) is 2.13. The first-order valence-electron chi connectivity index (χ1n) is 12.9. The molecule has 0 radical (unpaired) electrons. The zero-order valence-corrected chi connectivity index (χ0v) is 25.3. The van der Waals surface area contributed by atoms with E-state index < -0.39 is 0 Å². The molecule has 1 unspecified atom stereocenters. The van der Waals surface area contributed by atoms with Crippen molar-refractivity contribution in [3.63, 3.8) is 0 Å². The fourth-order valence-electron chi connectivity index (χ4n) is 5.71.